The average Bonchev–Trinajstić information content (AvgIpc) is 2.86. The summed E-state index contributed by atoms with van der Waals surface area (Å²) in [7, 11) is 0. The molecule has 0 amide bonds. The van der Waals surface area contributed by atoms with E-state index in [0.29, 0.717) is 31.3 Å². The highest BCUT2D eigenvalue weighted by Crippen LogP contribution is 2.25. The number of rotatable bonds is 5. The van der Waals surface area contributed by atoms with E-state index < -0.39 is 12.0 Å². The number of carboxylic acid groups (broad SMARTS) is 1. The molecule has 0 bridgehead atoms. The molecule has 2 heterocycles. The van der Waals surface area contributed by atoms with E-state index >= 15 is 0 Å². The zero-order valence-electron chi connectivity index (χ0n) is 10.4. The average molecular weight is 251 g/mol. The molecule has 18 heavy (non-hydrogen) atoms. The first-order valence-electron chi connectivity index (χ1n) is 6.16. The second-order valence-corrected chi connectivity index (χ2v) is 4.25. The van der Waals surface area contributed by atoms with Crippen molar-refractivity contribution in [1.82, 2.24) is 9.97 Å². The van der Waals surface area contributed by atoms with Crippen LogP contribution in [0.2, 0.25) is 0 Å². The SMILES string of the molecule is CCCOc1cc(N2CCCC2C(=O)O)ncn1. The van der Waals surface area contributed by atoms with E-state index in [4.69, 9.17) is 9.84 Å². The van der Waals surface area contributed by atoms with Crippen molar-refractivity contribution < 1.29 is 14.6 Å². The summed E-state index contributed by atoms with van der Waals surface area (Å²) in [6.07, 6.45) is 3.84. The Morgan fingerprint density at radius 1 is 1.61 bits per heavy atom. The predicted molar refractivity (Wildman–Crippen MR) is 65.8 cm³/mol. The van der Waals surface area contributed by atoms with E-state index in [1.54, 1.807) is 11.0 Å². The van der Waals surface area contributed by atoms with Crippen molar-refractivity contribution in [2.45, 2.75) is 32.2 Å². The monoisotopic (exact) mass is 251 g/mol. The molecule has 1 aromatic heterocycles. The second kappa shape index (κ2) is 5.66. The minimum absolute atomic E-state index is 0.487. The van der Waals surface area contributed by atoms with Crippen molar-refractivity contribution >= 4 is 11.8 Å². The Morgan fingerprint density at radius 2 is 2.44 bits per heavy atom. The molecule has 1 aliphatic heterocycles. The third-order valence-electron chi connectivity index (χ3n) is 2.91. The van der Waals surface area contributed by atoms with Gasteiger partial charge in [-0.2, -0.15) is 0 Å². The van der Waals surface area contributed by atoms with Crippen LogP contribution in [-0.4, -0.2) is 40.2 Å². The lowest BCUT2D eigenvalue weighted by molar-refractivity contribution is -0.138. The Kier molecular flexibility index (Phi) is 3.96. The van der Waals surface area contributed by atoms with Crippen molar-refractivity contribution in [2.75, 3.05) is 18.1 Å². The van der Waals surface area contributed by atoms with Gasteiger partial charge in [0.25, 0.3) is 0 Å². The van der Waals surface area contributed by atoms with E-state index in [9.17, 15) is 4.79 Å². The first-order chi connectivity index (χ1) is 8.72. The quantitative estimate of drug-likeness (QED) is 0.850. The molecule has 0 aliphatic carbocycles. The van der Waals surface area contributed by atoms with Crippen LogP contribution in [0.15, 0.2) is 12.4 Å². The highest BCUT2D eigenvalue weighted by molar-refractivity contribution is 5.78. The third kappa shape index (κ3) is 2.69. The van der Waals surface area contributed by atoms with Crippen molar-refractivity contribution in [3.05, 3.63) is 12.4 Å². The number of nitrogens with zero attached hydrogens (tertiary/aromatic N) is 3. The van der Waals surface area contributed by atoms with Gasteiger partial charge in [0.2, 0.25) is 5.88 Å². The van der Waals surface area contributed by atoms with Gasteiger partial charge in [0.1, 0.15) is 18.2 Å². The second-order valence-electron chi connectivity index (χ2n) is 4.25. The van der Waals surface area contributed by atoms with Crippen LogP contribution in [0.1, 0.15) is 26.2 Å². The summed E-state index contributed by atoms with van der Waals surface area (Å²) in [5.41, 5.74) is 0. The van der Waals surface area contributed by atoms with E-state index in [0.717, 1.165) is 12.8 Å². The van der Waals surface area contributed by atoms with Crippen molar-refractivity contribution in [3.8, 4) is 5.88 Å². The number of hydrogen-bond donors (Lipinski definition) is 1. The topological polar surface area (TPSA) is 75.5 Å². The van der Waals surface area contributed by atoms with Gasteiger partial charge in [-0.25, -0.2) is 14.8 Å². The number of ether oxygens (including phenoxy) is 1. The fourth-order valence-electron chi connectivity index (χ4n) is 2.07. The minimum atomic E-state index is -0.804. The maximum absolute atomic E-state index is 11.1. The Bertz CT molecular complexity index is 425. The lowest BCUT2D eigenvalue weighted by Gasteiger charge is -2.22. The molecule has 6 nitrogen and oxygen atoms in total. The zero-order valence-corrected chi connectivity index (χ0v) is 10.4. The maximum Gasteiger partial charge on any atom is 0.326 e. The molecule has 98 valence electrons. The van der Waals surface area contributed by atoms with Gasteiger partial charge in [0, 0.05) is 12.6 Å². The summed E-state index contributed by atoms with van der Waals surface area (Å²) in [5.74, 6) is 0.320. The lowest BCUT2D eigenvalue weighted by Crippen LogP contribution is -2.36. The summed E-state index contributed by atoms with van der Waals surface area (Å²) in [4.78, 5) is 21.1. The van der Waals surface area contributed by atoms with Crippen LogP contribution in [0.4, 0.5) is 5.82 Å². The molecule has 0 spiro atoms. The van der Waals surface area contributed by atoms with Gasteiger partial charge in [0.15, 0.2) is 0 Å². The maximum atomic E-state index is 11.1. The van der Waals surface area contributed by atoms with Crippen LogP contribution in [0, 0.1) is 0 Å². The summed E-state index contributed by atoms with van der Waals surface area (Å²) in [5, 5.41) is 9.14. The zero-order chi connectivity index (χ0) is 13.0. The molecule has 0 aromatic carbocycles. The number of hydrogen-bond acceptors (Lipinski definition) is 5. The number of aromatic nitrogens is 2. The van der Waals surface area contributed by atoms with Crippen molar-refractivity contribution in [3.63, 3.8) is 0 Å². The third-order valence-corrected chi connectivity index (χ3v) is 2.91. The molecule has 1 unspecified atom stereocenters. The van der Waals surface area contributed by atoms with Crippen LogP contribution < -0.4 is 9.64 Å². The van der Waals surface area contributed by atoms with Gasteiger partial charge < -0.3 is 14.7 Å². The molecule has 1 fully saturated rings. The van der Waals surface area contributed by atoms with Crippen LogP contribution in [0.3, 0.4) is 0 Å². The Balaban J connectivity index is 2.14. The standard InChI is InChI=1S/C12H17N3O3/c1-2-6-18-11-7-10(13-8-14-11)15-5-3-4-9(15)12(16)17/h7-9H,2-6H2,1H3,(H,16,17). The van der Waals surface area contributed by atoms with Crippen LogP contribution in [0.5, 0.6) is 5.88 Å². The van der Waals surface area contributed by atoms with Gasteiger partial charge in [-0.05, 0) is 19.3 Å². The van der Waals surface area contributed by atoms with Crippen LogP contribution in [0.25, 0.3) is 0 Å². The lowest BCUT2D eigenvalue weighted by atomic mass is 10.2. The van der Waals surface area contributed by atoms with Gasteiger partial charge in [-0.15, -0.1) is 0 Å². The highest BCUT2D eigenvalue weighted by Gasteiger charge is 2.31. The minimum Gasteiger partial charge on any atom is -0.480 e. The van der Waals surface area contributed by atoms with Gasteiger partial charge >= 0.3 is 5.97 Å². The highest BCUT2D eigenvalue weighted by atomic mass is 16.5. The predicted octanol–water partition coefficient (Wildman–Crippen LogP) is 1.32. The number of carbonyl (C=O) groups is 1. The summed E-state index contributed by atoms with van der Waals surface area (Å²) in [6.45, 7) is 3.32. The molecule has 0 radical (unpaired) electrons. The van der Waals surface area contributed by atoms with E-state index in [1.807, 2.05) is 6.92 Å². The Hall–Kier alpha value is -1.85. The molecular formula is C12H17N3O3. The fourth-order valence-corrected chi connectivity index (χ4v) is 2.07. The van der Waals surface area contributed by atoms with Gasteiger partial charge in [-0.3, -0.25) is 0 Å². The van der Waals surface area contributed by atoms with Crippen molar-refractivity contribution in [2.24, 2.45) is 0 Å². The van der Waals surface area contributed by atoms with Gasteiger partial charge in [-0.1, -0.05) is 6.92 Å². The first-order valence-corrected chi connectivity index (χ1v) is 6.16. The number of carboxylic acids is 1. The fraction of sp³-hybridized carbons (Fsp3) is 0.583. The summed E-state index contributed by atoms with van der Waals surface area (Å²) >= 11 is 0. The molecule has 6 heteroatoms. The summed E-state index contributed by atoms with van der Waals surface area (Å²) in [6, 6.07) is 1.22. The molecular weight excluding hydrogens is 234 g/mol. The van der Waals surface area contributed by atoms with E-state index in [2.05, 4.69) is 9.97 Å². The molecule has 2 rings (SSSR count). The van der Waals surface area contributed by atoms with Gasteiger partial charge in [0.05, 0.1) is 6.61 Å². The largest absolute Gasteiger partial charge is 0.480 e. The first kappa shape index (κ1) is 12.6. The Morgan fingerprint density at radius 3 is 3.17 bits per heavy atom. The number of anilines is 1. The molecule has 0 saturated carbocycles. The van der Waals surface area contributed by atoms with Crippen LogP contribution >= 0.6 is 0 Å². The summed E-state index contributed by atoms with van der Waals surface area (Å²) < 4.78 is 5.43. The Labute approximate surface area is 106 Å². The molecule has 1 aromatic rings. The van der Waals surface area contributed by atoms with E-state index in [-0.39, 0.29) is 0 Å². The molecule has 1 aliphatic rings. The van der Waals surface area contributed by atoms with Crippen molar-refractivity contribution in [1.29, 1.82) is 0 Å². The molecule has 1 N–H and O–H groups in total. The number of aliphatic carboxylic acids is 1. The smallest absolute Gasteiger partial charge is 0.326 e. The molecule has 1 atom stereocenters. The molecule has 1 saturated heterocycles. The van der Waals surface area contributed by atoms with Crippen LogP contribution in [-0.2, 0) is 4.79 Å². The normalized spacial score (nSPS) is 18.9. The van der Waals surface area contributed by atoms with E-state index in [1.165, 1.54) is 6.33 Å².